The van der Waals surface area contributed by atoms with Crippen molar-refractivity contribution in [1.82, 2.24) is 5.32 Å². The number of carbonyl (C=O) groups is 1. The first-order valence-corrected chi connectivity index (χ1v) is 8.57. The van der Waals surface area contributed by atoms with Gasteiger partial charge in [-0.25, -0.2) is 4.79 Å². The molecule has 0 spiro atoms. The van der Waals surface area contributed by atoms with Gasteiger partial charge in [-0.1, -0.05) is 24.3 Å². The Bertz CT molecular complexity index is 731. The van der Waals surface area contributed by atoms with E-state index in [1.54, 1.807) is 11.8 Å². The molecule has 120 valence electrons. The molecule has 0 saturated heterocycles. The lowest BCUT2D eigenvalue weighted by molar-refractivity contribution is 0.189. The van der Waals surface area contributed by atoms with Crippen LogP contribution in [0.25, 0.3) is 11.1 Å². The van der Waals surface area contributed by atoms with Gasteiger partial charge in [-0.3, -0.25) is 0 Å². The van der Waals surface area contributed by atoms with Crippen LogP contribution < -0.4 is 10.2 Å². The van der Waals surface area contributed by atoms with E-state index in [0.29, 0.717) is 0 Å². The number of nitrogens with zero attached hydrogens (tertiary/aromatic N) is 1. The molecule has 5 heteroatoms. The van der Waals surface area contributed by atoms with Crippen molar-refractivity contribution >= 4 is 23.5 Å². The summed E-state index contributed by atoms with van der Waals surface area (Å²) < 4.78 is 0. The van der Waals surface area contributed by atoms with Gasteiger partial charge in [0.2, 0.25) is 0 Å². The third-order valence-electron chi connectivity index (χ3n) is 4.05. The first-order valence-electron chi connectivity index (χ1n) is 7.58. The molecule has 3 rings (SSSR count). The van der Waals surface area contributed by atoms with Crippen molar-refractivity contribution in [2.24, 2.45) is 0 Å². The number of fused-ring (bicyclic) bond motifs is 1. The summed E-state index contributed by atoms with van der Waals surface area (Å²) in [7, 11) is 4.06. The van der Waals surface area contributed by atoms with Crippen LogP contribution in [0.4, 0.5) is 10.5 Å². The zero-order valence-electron chi connectivity index (χ0n) is 13.2. The Morgan fingerprint density at radius 1 is 1.22 bits per heavy atom. The Labute approximate surface area is 140 Å². The fourth-order valence-corrected chi connectivity index (χ4v) is 3.99. The molecule has 0 saturated carbocycles. The number of amides is 1. The Morgan fingerprint density at radius 3 is 2.74 bits per heavy atom. The van der Waals surface area contributed by atoms with Crippen molar-refractivity contribution in [3.8, 4) is 11.1 Å². The van der Waals surface area contributed by atoms with Gasteiger partial charge in [0.25, 0.3) is 0 Å². The molecule has 0 aromatic heterocycles. The summed E-state index contributed by atoms with van der Waals surface area (Å²) in [5.74, 6) is 0.930. The molecule has 1 unspecified atom stereocenters. The molecule has 4 nitrogen and oxygen atoms in total. The van der Waals surface area contributed by atoms with Crippen molar-refractivity contribution < 1.29 is 9.90 Å². The van der Waals surface area contributed by atoms with Crippen molar-refractivity contribution in [2.75, 3.05) is 24.7 Å². The van der Waals surface area contributed by atoms with Crippen molar-refractivity contribution in [2.45, 2.75) is 17.4 Å². The highest BCUT2D eigenvalue weighted by atomic mass is 32.2. The van der Waals surface area contributed by atoms with Crippen LogP contribution in [-0.4, -0.2) is 31.0 Å². The summed E-state index contributed by atoms with van der Waals surface area (Å²) >= 11 is 1.80. The van der Waals surface area contributed by atoms with Crippen LogP contribution in [-0.2, 0) is 0 Å². The van der Waals surface area contributed by atoms with Crippen LogP contribution in [0, 0.1) is 0 Å². The van der Waals surface area contributed by atoms with Crippen LogP contribution in [0.1, 0.15) is 18.0 Å². The van der Waals surface area contributed by atoms with Gasteiger partial charge < -0.3 is 15.3 Å². The highest BCUT2D eigenvalue weighted by Gasteiger charge is 2.22. The predicted molar refractivity (Wildman–Crippen MR) is 95.4 cm³/mol. The van der Waals surface area contributed by atoms with Gasteiger partial charge >= 0.3 is 6.09 Å². The second kappa shape index (κ2) is 6.54. The second-order valence-electron chi connectivity index (χ2n) is 5.84. The minimum atomic E-state index is -0.962. The van der Waals surface area contributed by atoms with E-state index >= 15 is 0 Å². The number of benzene rings is 2. The van der Waals surface area contributed by atoms with Crippen LogP contribution in [0.5, 0.6) is 0 Å². The lowest BCUT2D eigenvalue weighted by Gasteiger charge is -2.25. The molecule has 0 fully saturated rings. The molecular weight excluding hydrogens is 308 g/mol. The lowest BCUT2D eigenvalue weighted by atomic mass is 9.98. The molecule has 0 radical (unpaired) electrons. The Morgan fingerprint density at radius 2 is 2.00 bits per heavy atom. The predicted octanol–water partition coefficient (Wildman–Crippen LogP) is 4.22. The normalized spacial score (nSPS) is 16.5. The molecule has 1 amide bonds. The maximum absolute atomic E-state index is 10.9. The number of rotatable bonds is 3. The molecule has 2 aromatic carbocycles. The van der Waals surface area contributed by atoms with Crippen LogP contribution in [0.3, 0.4) is 0 Å². The molecule has 2 aromatic rings. The molecule has 0 bridgehead atoms. The molecule has 0 aliphatic carbocycles. The molecule has 1 heterocycles. The quantitative estimate of drug-likeness (QED) is 0.885. The molecule has 1 aliphatic heterocycles. The summed E-state index contributed by atoms with van der Waals surface area (Å²) in [5, 5.41) is 11.6. The Balaban J connectivity index is 1.94. The van der Waals surface area contributed by atoms with E-state index < -0.39 is 6.09 Å². The first kappa shape index (κ1) is 15.7. The number of carboxylic acid groups (broad SMARTS) is 1. The fraction of sp³-hybridized carbons (Fsp3) is 0.278. The number of nitrogens with one attached hydrogen (secondary N) is 1. The highest BCUT2D eigenvalue weighted by molar-refractivity contribution is 7.99. The molecule has 23 heavy (non-hydrogen) atoms. The minimum absolute atomic E-state index is 0.106. The van der Waals surface area contributed by atoms with E-state index in [0.717, 1.165) is 23.3 Å². The van der Waals surface area contributed by atoms with Crippen LogP contribution in [0.15, 0.2) is 47.4 Å². The summed E-state index contributed by atoms with van der Waals surface area (Å²) in [5.41, 5.74) is 4.58. The number of thioether (sulfide) groups is 1. The van der Waals surface area contributed by atoms with Crippen LogP contribution in [0.2, 0.25) is 0 Å². The van der Waals surface area contributed by atoms with Gasteiger partial charge in [0, 0.05) is 30.4 Å². The number of hydrogen-bond donors (Lipinski definition) is 2. The van der Waals surface area contributed by atoms with E-state index in [9.17, 15) is 4.79 Å². The molecule has 1 atom stereocenters. The molecule has 1 aliphatic rings. The minimum Gasteiger partial charge on any atom is -0.465 e. The largest absolute Gasteiger partial charge is 0.465 e. The summed E-state index contributed by atoms with van der Waals surface area (Å²) in [4.78, 5) is 14.2. The van der Waals surface area contributed by atoms with E-state index in [2.05, 4.69) is 52.7 Å². The average molecular weight is 328 g/mol. The average Bonchev–Trinajstić information content (AvgIpc) is 2.54. The van der Waals surface area contributed by atoms with Gasteiger partial charge in [-0.15, -0.1) is 11.8 Å². The summed E-state index contributed by atoms with van der Waals surface area (Å²) in [6.07, 6.45) is -0.130. The second-order valence-corrected chi connectivity index (χ2v) is 6.97. The zero-order valence-corrected chi connectivity index (χ0v) is 14.1. The number of anilines is 1. The zero-order chi connectivity index (χ0) is 16.4. The van der Waals surface area contributed by atoms with Crippen LogP contribution >= 0.6 is 11.8 Å². The Kier molecular flexibility index (Phi) is 4.48. The molecule has 2 N–H and O–H groups in total. The smallest absolute Gasteiger partial charge is 0.405 e. The Hall–Kier alpha value is -2.14. The maximum Gasteiger partial charge on any atom is 0.405 e. The van der Waals surface area contributed by atoms with Gasteiger partial charge in [-0.05, 0) is 41.3 Å². The highest BCUT2D eigenvalue weighted by Crippen LogP contribution is 2.38. The monoisotopic (exact) mass is 328 g/mol. The van der Waals surface area contributed by atoms with E-state index in [1.165, 1.54) is 16.1 Å². The van der Waals surface area contributed by atoms with Gasteiger partial charge in [0.05, 0.1) is 6.04 Å². The maximum atomic E-state index is 10.9. The van der Waals surface area contributed by atoms with Crippen molar-refractivity contribution in [3.05, 3.63) is 48.0 Å². The summed E-state index contributed by atoms with van der Waals surface area (Å²) in [6.45, 7) is 0. The molecular formula is C18H20N2O2S. The van der Waals surface area contributed by atoms with Crippen molar-refractivity contribution in [3.63, 3.8) is 0 Å². The van der Waals surface area contributed by atoms with Crippen molar-refractivity contribution in [1.29, 1.82) is 0 Å². The first-order chi connectivity index (χ1) is 11.0. The fourth-order valence-electron chi connectivity index (χ4n) is 2.83. The standard InChI is InChI=1S/C18H20N2O2S/c1-20(2)14-5-3-4-12(10-14)13-6-7-15-16(19-18(21)22)8-9-23-17(15)11-13/h3-7,10-11,16,19H,8-9H2,1-2H3,(H,21,22). The van der Waals surface area contributed by atoms with E-state index in [4.69, 9.17) is 5.11 Å². The third-order valence-corrected chi connectivity index (χ3v) is 5.15. The van der Waals surface area contributed by atoms with E-state index in [-0.39, 0.29) is 6.04 Å². The third kappa shape index (κ3) is 3.45. The summed E-state index contributed by atoms with van der Waals surface area (Å²) in [6, 6.07) is 14.6. The van der Waals surface area contributed by atoms with Gasteiger partial charge in [0.1, 0.15) is 0 Å². The SMILES string of the molecule is CN(C)c1cccc(-c2ccc3c(c2)SCCC3NC(=O)O)c1. The number of hydrogen-bond acceptors (Lipinski definition) is 3. The van der Waals surface area contributed by atoms with Gasteiger partial charge in [0.15, 0.2) is 0 Å². The van der Waals surface area contributed by atoms with E-state index in [1.807, 2.05) is 14.1 Å². The lowest BCUT2D eigenvalue weighted by Crippen LogP contribution is -2.29. The van der Waals surface area contributed by atoms with Gasteiger partial charge in [-0.2, -0.15) is 0 Å². The topological polar surface area (TPSA) is 52.6 Å².